The lowest BCUT2D eigenvalue weighted by molar-refractivity contribution is 0.0718. The molecule has 1 atom stereocenters. The Morgan fingerprint density at radius 2 is 2.15 bits per heavy atom. The minimum atomic E-state index is 0.393. The molecule has 1 heterocycles. The van der Waals surface area contributed by atoms with Crippen molar-refractivity contribution in [2.45, 2.75) is 57.2 Å². The van der Waals surface area contributed by atoms with Crippen molar-refractivity contribution in [1.29, 1.82) is 0 Å². The summed E-state index contributed by atoms with van der Waals surface area (Å²) >= 11 is 6.12. The van der Waals surface area contributed by atoms with Crippen molar-refractivity contribution < 1.29 is 0 Å². The van der Waals surface area contributed by atoms with E-state index in [4.69, 9.17) is 11.6 Å². The molecule has 2 nitrogen and oxygen atoms in total. The van der Waals surface area contributed by atoms with Crippen LogP contribution in [0.1, 0.15) is 44.6 Å². The van der Waals surface area contributed by atoms with Crippen LogP contribution in [0.3, 0.4) is 0 Å². The molecule has 1 aliphatic carbocycles. The topological polar surface area (TPSA) is 15.3 Å². The molecule has 2 aliphatic rings. The van der Waals surface area contributed by atoms with E-state index in [2.05, 4.69) is 35.3 Å². The molecule has 3 heteroatoms. The molecule has 0 amide bonds. The zero-order valence-corrected chi connectivity index (χ0v) is 13.1. The number of hydrogen-bond donors (Lipinski definition) is 1. The Morgan fingerprint density at radius 1 is 1.35 bits per heavy atom. The van der Waals surface area contributed by atoms with Crippen molar-refractivity contribution in [2.24, 2.45) is 0 Å². The molecule has 20 heavy (non-hydrogen) atoms. The van der Waals surface area contributed by atoms with Gasteiger partial charge in [-0.25, -0.2) is 0 Å². The van der Waals surface area contributed by atoms with Gasteiger partial charge in [-0.2, -0.15) is 0 Å². The van der Waals surface area contributed by atoms with Gasteiger partial charge in [-0.1, -0.05) is 43.5 Å². The summed E-state index contributed by atoms with van der Waals surface area (Å²) in [6.07, 6.45) is 6.66. The second-order valence-electron chi connectivity index (χ2n) is 6.47. The third-order valence-corrected chi connectivity index (χ3v) is 5.28. The predicted molar refractivity (Wildman–Crippen MR) is 85.1 cm³/mol. The Morgan fingerprint density at radius 3 is 2.85 bits per heavy atom. The first-order chi connectivity index (χ1) is 9.71. The highest BCUT2D eigenvalue weighted by Crippen LogP contribution is 2.34. The van der Waals surface area contributed by atoms with Gasteiger partial charge in [0.25, 0.3) is 0 Å². The summed E-state index contributed by atoms with van der Waals surface area (Å²) in [6.45, 7) is 5.65. The zero-order valence-electron chi connectivity index (χ0n) is 12.4. The lowest BCUT2D eigenvalue weighted by atomic mass is 9.91. The van der Waals surface area contributed by atoms with Crippen molar-refractivity contribution in [3.8, 4) is 0 Å². The Labute approximate surface area is 127 Å². The standard InChI is InChI=1S/C17H25ClN2/c1-2-16-11-19-17(8-3-4-9-17)13-20(16)12-14-6-5-7-15(18)10-14/h5-7,10,16,19H,2-4,8-9,11-13H2,1H3. The van der Waals surface area contributed by atoms with Crippen molar-refractivity contribution in [2.75, 3.05) is 13.1 Å². The SMILES string of the molecule is CCC1CNC2(CCCC2)CN1Cc1cccc(Cl)c1. The third-order valence-electron chi connectivity index (χ3n) is 5.04. The van der Waals surface area contributed by atoms with E-state index in [0.29, 0.717) is 11.6 Å². The van der Waals surface area contributed by atoms with Crippen molar-refractivity contribution in [3.63, 3.8) is 0 Å². The van der Waals surface area contributed by atoms with Gasteiger partial charge in [0.05, 0.1) is 0 Å². The Bertz CT molecular complexity index is 454. The molecule has 1 aromatic rings. The van der Waals surface area contributed by atoms with Crippen LogP contribution in [-0.4, -0.2) is 29.6 Å². The van der Waals surface area contributed by atoms with Crippen LogP contribution in [0.15, 0.2) is 24.3 Å². The highest BCUT2D eigenvalue weighted by Gasteiger charge is 2.40. The first-order valence-electron chi connectivity index (χ1n) is 7.94. The molecule has 1 aliphatic heterocycles. The lowest BCUT2D eigenvalue weighted by Crippen LogP contribution is -2.62. The number of hydrogen-bond acceptors (Lipinski definition) is 2. The van der Waals surface area contributed by atoms with Crippen LogP contribution in [-0.2, 0) is 6.54 Å². The molecule has 1 saturated heterocycles. The van der Waals surface area contributed by atoms with Gasteiger partial charge in [0.2, 0.25) is 0 Å². The molecule has 1 saturated carbocycles. The van der Waals surface area contributed by atoms with Gasteiger partial charge in [0.1, 0.15) is 0 Å². The molecule has 110 valence electrons. The fourth-order valence-corrected chi connectivity index (χ4v) is 4.09. The number of piperazine rings is 1. The summed E-state index contributed by atoms with van der Waals surface area (Å²) in [5.74, 6) is 0. The second kappa shape index (κ2) is 6.05. The molecule has 0 bridgehead atoms. The van der Waals surface area contributed by atoms with Gasteiger partial charge in [-0.3, -0.25) is 4.90 Å². The van der Waals surface area contributed by atoms with Gasteiger partial charge >= 0.3 is 0 Å². The van der Waals surface area contributed by atoms with E-state index in [1.807, 2.05) is 6.07 Å². The van der Waals surface area contributed by atoms with E-state index in [-0.39, 0.29) is 0 Å². The molecular weight excluding hydrogens is 268 g/mol. The normalized spacial score (nSPS) is 26.2. The van der Waals surface area contributed by atoms with Crippen LogP contribution in [0, 0.1) is 0 Å². The van der Waals surface area contributed by atoms with Gasteiger partial charge in [0, 0.05) is 36.2 Å². The maximum Gasteiger partial charge on any atom is 0.0409 e. The second-order valence-corrected chi connectivity index (χ2v) is 6.90. The molecule has 1 unspecified atom stereocenters. The van der Waals surface area contributed by atoms with Crippen molar-refractivity contribution >= 4 is 11.6 Å². The predicted octanol–water partition coefficient (Wildman–Crippen LogP) is 3.84. The number of benzene rings is 1. The Balaban J connectivity index is 1.74. The average Bonchev–Trinajstić information content (AvgIpc) is 2.87. The monoisotopic (exact) mass is 292 g/mol. The van der Waals surface area contributed by atoms with Crippen LogP contribution in [0.4, 0.5) is 0 Å². The summed E-state index contributed by atoms with van der Waals surface area (Å²) < 4.78 is 0. The third kappa shape index (κ3) is 3.03. The average molecular weight is 293 g/mol. The van der Waals surface area contributed by atoms with E-state index < -0.39 is 0 Å². The van der Waals surface area contributed by atoms with Crippen LogP contribution < -0.4 is 5.32 Å². The van der Waals surface area contributed by atoms with Crippen molar-refractivity contribution in [1.82, 2.24) is 10.2 Å². The number of nitrogens with zero attached hydrogens (tertiary/aromatic N) is 1. The van der Waals surface area contributed by atoms with E-state index >= 15 is 0 Å². The van der Waals surface area contributed by atoms with Gasteiger partial charge in [-0.05, 0) is 37.0 Å². The number of halogens is 1. The smallest absolute Gasteiger partial charge is 0.0409 e. The maximum atomic E-state index is 6.12. The van der Waals surface area contributed by atoms with E-state index in [9.17, 15) is 0 Å². The van der Waals surface area contributed by atoms with Gasteiger partial charge in [0.15, 0.2) is 0 Å². The Hall–Kier alpha value is -0.570. The molecule has 0 aromatic heterocycles. The van der Waals surface area contributed by atoms with E-state index in [1.54, 1.807) is 0 Å². The first-order valence-corrected chi connectivity index (χ1v) is 8.32. The lowest BCUT2D eigenvalue weighted by Gasteiger charge is -2.46. The van der Waals surface area contributed by atoms with Crippen LogP contribution in [0.25, 0.3) is 0 Å². The molecule has 1 N–H and O–H groups in total. The highest BCUT2D eigenvalue weighted by atomic mass is 35.5. The summed E-state index contributed by atoms with van der Waals surface area (Å²) in [4.78, 5) is 2.67. The molecule has 3 rings (SSSR count). The van der Waals surface area contributed by atoms with Crippen LogP contribution >= 0.6 is 11.6 Å². The zero-order chi connectivity index (χ0) is 14.0. The van der Waals surface area contributed by atoms with Crippen LogP contribution in [0.5, 0.6) is 0 Å². The fraction of sp³-hybridized carbons (Fsp3) is 0.647. The largest absolute Gasteiger partial charge is 0.308 e. The first kappa shape index (κ1) is 14.4. The fourth-order valence-electron chi connectivity index (χ4n) is 3.88. The number of rotatable bonds is 3. The quantitative estimate of drug-likeness (QED) is 0.911. The minimum Gasteiger partial charge on any atom is -0.308 e. The summed E-state index contributed by atoms with van der Waals surface area (Å²) in [5.41, 5.74) is 1.73. The van der Waals surface area contributed by atoms with Crippen molar-refractivity contribution in [3.05, 3.63) is 34.9 Å². The summed E-state index contributed by atoms with van der Waals surface area (Å²) in [7, 11) is 0. The maximum absolute atomic E-state index is 6.12. The molecule has 1 aromatic carbocycles. The number of nitrogens with one attached hydrogen (secondary N) is 1. The van der Waals surface area contributed by atoms with Crippen LogP contribution in [0.2, 0.25) is 5.02 Å². The van der Waals surface area contributed by atoms with E-state index in [0.717, 1.165) is 18.1 Å². The van der Waals surface area contributed by atoms with Gasteiger partial charge in [-0.15, -0.1) is 0 Å². The van der Waals surface area contributed by atoms with Gasteiger partial charge < -0.3 is 5.32 Å². The molecule has 2 fully saturated rings. The minimum absolute atomic E-state index is 0.393. The summed E-state index contributed by atoms with van der Waals surface area (Å²) in [5, 5.41) is 4.70. The summed E-state index contributed by atoms with van der Waals surface area (Å²) in [6, 6.07) is 8.98. The molecule has 1 spiro atoms. The van der Waals surface area contributed by atoms with E-state index in [1.165, 1.54) is 44.2 Å². The Kier molecular flexibility index (Phi) is 4.34. The highest BCUT2D eigenvalue weighted by molar-refractivity contribution is 6.30. The molecular formula is C17H25ClN2. The molecule has 0 radical (unpaired) electrons.